The summed E-state index contributed by atoms with van der Waals surface area (Å²) in [5.74, 6) is -0.0602. The number of aryl methyl sites for hydroxylation is 1. The van der Waals surface area contributed by atoms with Crippen molar-refractivity contribution in [2.24, 2.45) is 0 Å². The normalized spacial score (nSPS) is 16.6. The molecule has 3 amide bonds. The molecular formula is C25H33N5O2. The Hall–Kier alpha value is -2.90. The van der Waals surface area contributed by atoms with E-state index in [1.54, 1.807) is 4.90 Å². The predicted molar refractivity (Wildman–Crippen MR) is 129 cm³/mol. The van der Waals surface area contributed by atoms with E-state index in [4.69, 9.17) is 0 Å². The van der Waals surface area contributed by atoms with Gasteiger partial charge < -0.3 is 15.5 Å². The van der Waals surface area contributed by atoms with Gasteiger partial charge >= 0.3 is 6.03 Å². The van der Waals surface area contributed by atoms with Crippen LogP contribution < -0.4 is 15.5 Å². The Morgan fingerprint density at radius 3 is 2.47 bits per heavy atom. The highest BCUT2D eigenvalue weighted by Crippen LogP contribution is 2.31. The number of carbonyl (C=O) groups is 2. The number of hydrogen-bond donors (Lipinski definition) is 2. The molecule has 0 atom stereocenters. The fourth-order valence-electron chi connectivity index (χ4n) is 4.52. The molecule has 2 aliphatic rings. The summed E-state index contributed by atoms with van der Waals surface area (Å²) < 4.78 is 0. The Kier molecular flexibility index (Phi) is 7.07. The van der Waals surface area contributed by atoms with Gasteiger partial charge in [0, 0.05) is 62.8 Å². The lowest BCUT2D eigenvalue weighted by molar-refractivity contribution is 0.0937. The van der Waals surface area contributed by atoms with Gasteiger partial charge in [0.05, 0.1) is 0 Å². The van der Waals surface area contributed by atoms with Gasteiger partial charge in [0.2, 0.25) is 0 Å². The second kappa shape index (κ2) is 10.1. The molecule has 0 spiro atoms. The Morgan fingerprint density at radius 2 is 1.72 bits per heavy atom. The number of hydrogen-bond acceptors (Lipinski definition) is 4. The van der Waals surface area contributed by atoms with Gasteiger partial charge in [-0.15, -0.1) is 0 Å². The van der Waals surface area contributed by atoms with Gasteiger partial charge in [-0.1, -0.05) is 25.1 Å². The van der Waals surface area contributed by atoms with Crippen molar-refractivity contribution in [2.75, 3.05) is 62.6 Å². The summed E-state index contributed by atoms with van der Waals surface area (Å²) in [6.45, 7) is 11.6. The van der Waals surface area contributed by atoms with E-state index in [-0.39, 0.29) is 11.9 Å². The second-order valence-electron chi connectivity index (χ2n) is 8.54. The van der Waals surface area contributed by atoms with Crippen molar-refractivity contribution in [3.8, 4) is 0 Å². The number of carbonyl (C=O) groups excluding carboxylic acids is 2. The first-order valence-electron chi connectivity index (χ1n) is 11.5. The molecule has 2 aliphatic heterocycles. The van der Waals surface area contributed by atoms with Crippen LogP contribution in [0.4, 0.5) is 16.2 Å². The smallest absolute Gasteiger partial charge is 0.326 e. The standard InChI is InChI=1S/C25H33N5O2/c1-3-28-14-16-29(17-15-28)13-11-26-24(31)22-8-5-9-23-21(22)10-12-30(23)25(32)27-20-7-4-6-19(2)18-20/h4-9,18H,3,10-17H2,1-2H3,(H,26,31)(H,27,32). The van der Waals surface area contributed by atoms with Crippen LogP contribution in [0.1, 0.15) is 28.4 Å². The molecule has 0 aliphatic carbocycles. The molecule has 0 radical (unpaired) electrons. The molecule has 0 saturated carbocycles. The van der Waals surface area contributed by atoms with Gasteiger partial charge in [0.1, 0.15) is 0 Å². The molecule has 2 aromatic carbocycles. The SMILES string of the molecule is CCN1CCN(CCNC(=O)c2cccc3c2CCN3C(=O)Nc2cccc(C)c2)CC1. The van der Waals surface area contributed by atoms with E-state index in [1.807, 2.05) is 49.4 Å². The summed E-state index contributed by atoms with van der Waals surface area (Å²) in [7, 11) is 0. The van der Waals surface area contributed by atoms with Crippen LogP contribution in [0, 0.1) is 6.92 Å². The van der Waals surface area contributed by atoms with Crippen LogP contribution in [0.2, 0.25) is 0 Å². The zero-order valence-electron chi connectivity index (χ0n) is 19.1. The monoisotopic (exact) mass is 435 g/mol. The van der Waals surface area contributed by atoms with Gasteiger partial charge in [0.25, 0.3) is 5.91 Å². The summed E-state index contributed by atoms with van der Waals surface area (Å²) in [6, 6.07) is 13.2. The van der Waals surface area contributed by atoms with Crippen molar-refractivity contribution in [3.63, 3.8) is 0 Å². The van der Waals surface area contributed by atoms with Crippen LogP contribution in [0.5, 0.6) is 0 Å². The van der Waals surface area contributed by atoms with Crippen LogP contribution in [-0.2, 0) is 6.42 Å². The van der Waals surface area contributed by atoms with Crippen molar-refractivity contribution in [3.05, 3.63) is 59.2 Å². The van der Waals surface area contributed by atoms with Crippen molar-refractivity contribution >= 4 is 23.3 Å². The number of anilines is 2. The number of fused-ring (bicyclic) bond motifs is 1. The Morgan fingerprint density at radius 1 is 0.969 bits per heavy atom. The minimum atomic E-state index is -0.168. The average Bonchev–Trinajstić information content (AvgIpc) is 3.24. The predicted octanol–water partition coefficient (Wildman–Crippen LogP) is 2.96. The van der Waals surface area contributed by atoms with Crippen molar-refractivity contribution < 1.29 is 9.59 Å². The van der Waals surface area contributed by atoms with Gasteiger partial charge in [-0.2, -0.15) is 0 Å². The topological polar surface area (TPSA) is 67.9 Å². The second-order valence-corrected chi connectivity index (χ2v) is 8.54. The van der Waals surface area contributed by atoms with E-state index >= 15 is 0 Å². The maximum atomic E-state index is 12.9. The van der Waals surface area contributed by atoms with Crippen LogP contribution in [0.25, 0.3) is 0 Å². The lowest BCUT2D eigenvalue weighted by Gasteiger charge is -2.33. The number of likely N-dealkylation sites (N-methyl/N-ethyl adjacent to an activating group) is 1. The molecule has 170 valence electrons. The van der Waals surface area contributed by atoms with E-state index < -0.39 is 0 Å². The molecule has 32 heavy (non-hydrogen) atoms. The van der Waals surface area contributed by atoms with Crippen LogP contribution >= 0.6 is 0 Å². The van der Waals surface area contributed by atoms with Gasteiger partial charge in [-0.3, -0.25) is 14.6 Å². The third-order valence-electron chi connectivity index (χ3n) is 6.41. The molecule has 2 heterocycles. The number of amides is 3. The molecule has 7 heteroatoms. The maximum Gasteiger partial charge on any atom is 0.326 e. The quantitative estimate of drug-likeness (QED) is 0.732. The molecule has 4 rings (SSSR count). The van der Waals surface area contributed by atoms with E-state index in [1.165, 1.54) is 0 Å². The molecular weight excluding hydrogens is 402 g/mol. The minimum absolute atomic E-state index is 0.0602. The van der Waals surface area contributed by atoms with Crippen LogP contribution in [-0.4, -0.2) is 74.1 Å². The number of benzene rings is 2. The van der Waals surface area contributed by atoms with E-state index in [2.05, 4.69) is 27.4 Å². The number of piperazine rings is 1. The Bertz CT molecular complexity index is 969. The average molecular weight is 436 g/mol. The largest absolute Gasteiger partial charge is 0.351 e. The first-order chi connectivity index (χ1) is 15.5. The lowest BCUT2D eigenvalue weighted by Crippen LogP contribution is -2.48. The first kappa shape index (κ1) is 22.3. The third-order valence-corrected chi connectivity index (χ3v) is 6.41. The first-order valence-corrected chi connectivity index (χ1v) is 11.5. The highest BCUT2D eigenvalue weighted by Gasteiger charge is 2.28. The van der Waals surface area contributed by atoms with Crippen LogP contribution in [0.3, 0.4) is 0 Å². The van der Waals surface area contributed by atoms with Crippen LogP contribution in [0.15, 0.2) is 42.5 Å². The highest BCUT2D eigenvalue weighted by atomic mass is 16.2. The van der Waals surface area contributed by atoms with Crippen molar-refractivity contribution in [1.29, 1.82) is 0 Å². The molecule has 2 aromatic rings. The fourth-order valence-corrected chi connectivity index (χ4v) is 4.52. The lowest BCUT2D eigenvalue weighted by atomic mass is 10.0. The van der Waals surface area contributed by atoms with Crippen molar-refractivity contribution in [2.45, 2.75) is 20.3 Å². The molecule has 0 unspecified atom stereocenters. The molecule has 7 nitrogen and oxygen atoms in total. The van der Waals surface area contributed by atoms with E-state index in [0.29, 0.717) is 25.1 Å². The number of nitrogens with zero attached hydrogens (tertiary/aromatic N) is 3. The summed E-state index contributed by atoms with van der Waals surface area (Å²) in [4.78, 5) is 32.3. The Labute approximate surface area is 190 Å². The molecule has 1 fully saturated rings. The summed E-state index contributed by atoms with van der Waals surface area (Å²) >= 11 is 0. The van der Waals surface area contributed by atoms with Gasteiger partial charge in [0.15, 0.2) is 0 Å². The zero-order chi connectivity index (χ0) is 22.5. The molecule has 2 N–H and O–H groups in total. The zero-order valence-corrected chi connectivity index (χ0v) is 19.1. The maximum absolute atomic E-state index is 12.9. The Balaban J connectivity index is 1.35. The number of urea groups is 1. The van der Waals surface area contributed by atoms with E-state index in [0.717, 1.165) is 61.8 Å². The fraction of sp³-hybridized carbons (Fsp3) is 0.440. The summed E-state index contributed by atoms with van der Waals surface area (Å²) in [5.41, 5.74) is 4.30. The molecule has 0 aromatic heterocycles. The number of rotatable bonds is 6. The van der Waals surface area contributed by atoms with Gasteiger partial charge in [-0.25, -0.2) is 4.79 Å². The van der Waals surface area contributed by atoms with Gasteiger partial charge in [-0.05, 0) is 55.3 Å². The minimum Gasteiger partial charge on any atom is -0.351 e. The summed E-state index contributed by atoms with van der Waals surface area (Å²) in [5, 5.41) is 6.05. The molecule has 1 saturated heterocycles. The third kappa shape index (κ3) is 5.11. The molecule has 0 bridgehead atoms. The highest BCUT2D eigenvalue weighted by molar-refractivity contribution is 6.05. The van der Waals surface area contributed by atoms with E-state index in [9.17, 15) is 9.59 Å². The number of nitrogens with one attached hydrogen (secondary N) is 2. The van der Waals surface area contributed by atoms with Crippen molar-refractivity contribution in [1.82, 2.24) is 15.1 Å². The summed E-state index contributed by atoms with van der Waals surface area (Å²) in [6.07, 6.45) is 0.680.